The summed E-state index contributed by atoms with van der Waals surface area (Å²) >= 11 is 3.24. The van der Waals surface area contributed by atoms with E-state index in [1.54, 1.807) is 6.07 Å². The van der Waals surface area contributed by atoms with Crippen molar-refractivity contribution in [1.29, 1.82) is 0 Å². The molecule has 102 valence electrons. The first-order valence-electron chi connectivity index (χ1n) is 5.63. The largest absolute Gasteiger partial charge is 0.361 e. The lowest BCUT2D eigenvalue weighted by Gasteiger charge is -2.13. The second-order valence-electron chi connectivity index (χ2n) is 5.01. The van der Waals surface area contributed by atoms with Crippen LogP contribution < -0.4 is 5.32 Å². The molecule has 0 radical (unpaired) electrons. The molecule has 1 aromatic carbocycles. The highest BCUT2D eigenvalue weighted by Gasteiger charge is 2.17. The van der Waals surface area contributed by atoms with Crippen LogP contribution in [0.1, 0.15) is 20.8 Å². The number of rotatable bonds is 4. The minimum absolute atomic E-state index is 0.00182. The van der Waals surface area contributed by atoms with E-state index in [1.165, 1.54) is 24.4 Å². The van der Waals surface area contributed by atoms with Crippen LogP contribution in [0.5, 0.6) is 0 Å². The number of allylic oxidation sites excluding steroid dienone is 1. The van der Waals surface area contributed by atoms with Crippen LogP contribution in [0.25, 0.3) is 0 Å². The van der Waals surface area contributed by atoms with Gasteiger partial charge in [-0.05, 0) is 28.1 Å². The highest BCUT2D eigenvalue weighted by molar-refractivity contribution is 9.10. The molecule has 1 aromatic rings. The van der Waals surface area contributed by atoms with Crippen molar-refractivity contribution >= 4 is 33.1 Å². The standard InChI is InChI=1S/C13H15BrN2O3/c1-13(2,3)12(17)6-7-15-11-5-4-9(16(18)19)8-10(11)14/h4-8,15H,1-3H3/b7-6+. The molecule has 0 aliphatic carbocycles. The normalized spacial score (nSPS) is 11.6. The van der Waals surface area contributed by atoms with Crippen LogP contribution in [-0.2, 0) is 4.79 Å². The first kappa shape index (κ1) is 15.4. The van der Waals surface area contributed by atoms with Gasteiger partial charge in [-0.3, -0.25) is 14.9 Å². The van der Waals surface area contributed by atoms with Gasteiger partial charge in [0.25, 0.3) is 5.69 Å². The lowest BCUT2D eigenvalue weighted by molar-refractivity contribution is -0.384. The van der Waals surface area contributed by atoms with Crippen LogP contribution in [0, 0.1) is 15.5 Å². The first-order chi connectivity index (χ1) is 8.71. The Morgan fingerprint density at radius 1 is 1.42 bits per heavy atom. The number of ketones is 1. The molecule has 0 fully saturated rings. The molecule has 19 heavy (non-hydrogen) atoms. The first-order valence-corrected chi connectivity index (χ1v) is 6.42. The number of nitrogens with one attached hydrogen (secondary N) is 1. The van der Waals surface area contributed by atoms with Crippen molar-refractivity contribution < 1.29 is 9.72 Å². The van der Waals surface area contributed by atoms with E-state index in [1.807, 2.05) is 20.8 Å². The zero-order valence-corrected chi connectivity index (χ0v) is 12.5. The van der Waals surface area contributed by atoms with Crippen molar-refractivity contribution in [2.45, 2.75) is 20.8 Å². The number of halogens is 1. The predicted octanol–water partition coefficient (Wildman–Crippen LogP) is 3.90. The van der Waals surface area contributed by atoms with Crippen molar-refractivity contribution in [3.8, 4) is 0 Å². The van der Waals surface area contributed by atoms with Crippen LogP contribution in [0.15, 0.2) is 34.9 Å². The number of non-ortho nitro benzene ring substituents is 1. The van der Waals surface area contributed by atoms with Gasteiger partial charge in [-0.2, -0.15) is 0 Å². The molecule has 1 N–H and O–H groups in total. The van der Waals surface area contributed by atoms with Crippen LogP contribution in [-0.4, -0.2) is 10.7 Å². The van der Waals surface area contributed by atoms with Gasteiger partial charge in [-0.15, -0.1) is 0 Å². The molecule has 0 heterocycles. The Bertz CT molecular complexity index is 533. The van der Waals surface area contributed by atoms with Gasteiger partial charge in [-0.1, -0.05) is 20.8 Å². The summed E-state index contributed by atoms with van der Waals surface area (Å²) in [5, 5.41) is 13.5. The third-order valence-electron chi connectivity index (χ3n) is 2.38. The third-order valence-corrected chi connectivity index (χ3v) is 3.03. The molecule has 0 saturated carbocycles. The SMILES string of the molecule is CC(C)(C)C(=O)/C=C/Nc1ccc([N+](=O)[O-])cc1Br. The number of hydrogen-bond acceptors (Lipinski definition) is 4. The lowest BCUT2D eigenvalue weighted by atomic mass is 9.91. The van der Waals surface area contributed by atoms with Crippen LogP contribution in [0.3, 0.4) is 0 Å². The van der Waals surface area contributed by atoms with Crippen LogP contribution in [0.4, 0.5) is 11.4 Å². The third kappa shape index (κ3) is 4.48. The van der Waals surface area contributed by atoms with Gasteiger partial charge in [0.1, 0.15) is 0 Å². The monoisotopic (exact) mass is 326 g/mol. The topological polar surface area (TPSA) is 72.2 Å². The van der Waals surface area contributed by atoms with Gasteiger partial charge in [0, 0.05) is 28.2 Å². The van der Waals surface area contributed by atoms with Crippen LogP contribution >= 0.6 is 15.9 Å². The molecule has 0 aliphatic heterocycles. The number of nitrogens with zero attached hydrogens (tertiary/aromatic N) is 1. The predicted molar refractivity (Wildman–Crippen MR) is 78.0 cm³/mol. The molecule has 0 spiro atoms. The zero-order valence-electron chi connectivity index (χ0n) is 10.9. The Hall–Kier alpha value is -1.69. The second kappa shape index (κ2) is 5.97. The Morgan fingerprint density at radius 2 is 2.05 bits per heavy atom. The highest BCUT2D eigenvalue weighted by Crippen LogP contribution is 2.27. The number of benzene rings is 1. The maximum Gasteiger partial charge on any atom is 0.270 e. The minimum atomic E-state index is -0.465. The summed E-state index contributed by atoms with van der Waals surface area (Å²) in [5.74, 6) is -0.00182. The summed E-state index contributed by atoms with van der Waals surface area (Å²) in [5.41, 5.74) is 0.237. The van der Waals surface area contributed by atoms with E-state index in [2.05, 4.69) is 21.2 Å². The van der Waals surface area contributed by atoms with E-state index in [-0.39, 0.29) is 11.5 Å². The summed E-state index contributed by atoms with van der Waals surface area (Å²) in [4.78, 5) is 21.8. The smallest absolute Gasteiger partial charge is 0.270 e. The van der Waals surface area contributed by atoms with Crippen molar-refractivity contribution in [3.63, 3.8) is 0 Å². The number of carbonyl (C=O) groups excluding carboxylic acids is 1. The number of hydrogen-bond donors (Lipinski definition) is 1. The fraction of sp³-hybridized carbons (Fsp3) is 0.308. The Labute approximate surface area is 120 Å². The zero-order chi connectivity index (χ0) is 14.6. The Kier molecular flexibility index (Phi) is 4.83. The van der Waals surface area contributed by atoms with Crippen molar-refractivity contribution in [2.24, 2.45) is 5.41 Å². The quantitative estimate of drug-likeness (QED) is 0.517. The van der Waals surface area contributed by atoms with E-state index in [0.29, 0.717) is 10.2 Å². The van der Waals surface area contributed by atoms with E-state index < -0.39 is 10.3 Å². The van der Waals surface area contributed by atoms with Gasteiger partial charge in [0.15, 0.2) is 5.78 Å². The fourth-order valence-electron chi connectivity index (χ4n) is 1.19. The average Bonchev–Trinajstić information content (AvgIpc) is 2.29. The minimum Gasteiger partial charge on any atom is -0.361 e. The number of nitro benzene ring substituents is 1. The van der Waals surface area contributed by atoms with Crippen molar-refractivity contribution in [2.75, 3.05) is 5.32 Å². The van der Waals surface area contributed by atoms with E-state index >= 15 is 0 Å². The Morgan fingerprint density at radius 3 is 2.53 bits per heavy atom. The van der Waals surface area contributed by atoms with E-state index in [4.69, 9.17) is 0 Å². The molecule has 0 aliphatic rings. The summed E-state index contributed by atoms with van der Waals surface area (Å²) in [7, 11) is 0. The molecule has 5 nitrogen and oxygen atoms in total. The van der Waals surface area contributed by atoms with Gasteiger partial charge >= 0.3 is 0 Å². The molecule has 0 bridgehead atoms. The molecular weight excluding hydrogens is 312 g/mol. The molecule has 1 rings (SSSR count). The second-order valence-corrected chi connectivity index (χ2v) is 5.87. The number of carbonyl (C=O) groups is 1. The summed E-state index contributed by atoms with van der Waals surface area (Å²) in [6.45, 7) is 5.50. The maximum absolute atomic E-state index is 11.7. The molecule has 0 amide bonds. The van der Waals surface area contributed by atoms with Gasteiger partial charge in [0.05, 0.1) is 10.6 Å². The summed E-state index contributed by atoms with van der Waals surface area (Å²) in [6.07, 6.45) is 2.98. The lowest BCUT2D eigenvalue weighted by Crippen LogP contribution is -2.17. The van der Waals surface area contributed by atoms with Gasteiger partial charge < -0.3 is 5.32 Å². The molecule has 0 atom stereocenters. The van der Waals surface area contributed by atoms with E-state index in [9.17, 15) is 14.9 Å². The average molecular weight is 327 g/mol. The highest BCUT2D eigenvalue weighted by atomic mass is 79.9. The number of nitro groups is 1. The molecule has 0 saturated heterocycles. The van der Waals surface area contributed by atoms with Gasteiger partial charge in [-0.25, -0.2) is 0 Å². The molecular formula is C13H15BrN2O3. The van der Waals surface area contributed by atoms with Crippen molar-refractivity contribution in [1.82, 2.24) is 0 Å². The maximum atomic E-state index is 11.7. The molecule has 0 aromatic heterocycles. The van der Waals surface area contributed by atoms with E-state index in [0.717, 1.165) is 0 Å². The van der Waals surface area contributed by atoms with Crippen LogP contribution in [0.2, 0.25) is 0 Å². The van der Waals surface area contributed by atoms with Crippen molar-refractivity contribution in [3.05, 3.63) is 45.1 Å². The number of anilines is 1. The molecule has 0 unspecified atom stereocenters. The summed E-state index contributed by atoms with van der Waals surface area (Å²) < 4.78 is 0.564. The fourth-order valence-corrected chi connectivity index (χ4v) is 1.67. The molecule has 6 heteroatoms. The summed E-state index contributed by atoms with van der Waals surface area (Å²) in [6, 6.07) is 4.38. The Balaban J connectivity index is 2.77. The van der Waals surface area contributed by atoms with Gasteiger partial charge in [0.2, 0.25) is 0 Å².